The predicted octanol–water partition coefficient (Wildman–Crippen LogP) is 2.17. The molecule has 2 aromatic rings. The number of nitriles is 1. The van der Waals surface area contributed by atoms with E-state index in [0.29, 0.717) is 5.69 Å². The van der Waals surface area contributed by atoms with Crippen molar-refractivity contribution in [3.63, 3.8) is 0 Å². The van der Waals surface area contributed by atoms with Crippen LogP contribution in [0.1, 0.15) is 11.3 Å². The van der Waals surface area contributed by atoms with Gasteiger partial charge in [0.15, 0.2) is 0 Å². The summed E-state index contributed by atoms with van der Waals surface area (Å²) >= 11 is 0. The van der Waals surface area contributed by atoms with Crippen LogP contribution < -0.4 is 10.6 Å². The molecule has 18 heavy (non-hydrogen) atoms. The highest BCUT2D eigenvalue weighted by molar-refractivity contribution is 5.43. The van der Waals surface area contributed by atoms with Crippen molar-refractivity contribution in [2.45, 2.75) is 6.54 Å². The second-order valence-corrected chi connectivity index (χ2v) is 4.09. The predicted molar refractivity (Wildman–Crippen MR) is 71.9 cm³/mol. The van der Waals surface area contributed by atoms with Crippen LogP contribution in [0.4, 0.5) is 11.5 Å². The van der Waals surface area contributed by atoms with Crippen LogP contribution in [0, 0.1) is 11.3 Å². The number of nitrogens with zero attached hydrogens (tertiary/aromatic N) is 3. The molecule has 0 fully saturated rings. The molecular formula is C14H14N4. The van der Waals surface area contributed by atoms with Crippen LogP contribution in [0.3, 0.4) is 0 Å². The van der Waals surface area contributed by atoms with Crippen molar-refractivity contribution in [2.75, 3.05) is 17.7 Å². The Morgan fingerprint density at radius 1 is 1.22 bits per heavy atom. The fourth-order valence-corrected chi connectivity index (χ4v) is 1.68. The first kappa shape index (κ1) is 11.9. The minimum atomic E-state index is 0.427. The largest absolute Gasteiger partial charge is 0.399 e. The van der Waals surface area contributed by atoms with Crippen LogP contribution in [0.2, 0.25) is 0 Å². The van der Waals surface area contributed by atoms with E-state index in [4.69, 9.17) is 11.0 Å². The summed E-state index contributed by atoms with van der Waals surface area (Å²) in [4.78, 5) is 6.24. The maximum Gasteiger partial charge on any atom is 0.142 e. The van der Waals surface area contributed by atoms with Crippen LogP contribution in [0.25, 0.3) is 0 Å². The normalized spacial score (nSPS) is 9.78. The molecule has 1 aromatic heterocycles. The maximum atomic E-state index is 8.82. The SMILES string of the molecule is CN(Cc1ccc(N)cc1)c1cccc(C#N)n1. The Balaban J connectivity index is 2.14. The third kappa shape index (κ3) is 2.77. The standard InChI is InChI=1S/C14H14N4/c1-18(10-11-5-7-12(16)8-6-11)14-4-2-3-13(9-15)17-14/h2-8H,10,16H2,1H3. The van der Waals surface area contributed by atoms with E-state index >= 15 is 0 Å². The van der Waals surface area contributed by atoms with Crippen LogP contribution in [-0.2, 0) is 6.54 Å². The third-order valence-corrected chi connectivity index (χ3v) is 2.64. The van der Waals surface area contributed by atoms with Gasteiger partial charge in [0.05, 0.1) is 0 Å². The van der Waals surface area contributed by atoms with Crippen molar-refractivity contribution in [1.29, 1.82) is 5.26 Å². The molecule has 0 saturated heterocycles. The zero-order chi connectivity index (χ0) is 13.0. The minimum Gasteiger partial charge on any atom is -0.399 e. The van der Waals surface area contributed by atoms with Gasteiger partial charge in [-0.3, -0.25) is 0 Å². The highest BCUT2D eigenvalue weighted by Crippen LogP contribution is 2.14. The molecule has 0 bridgehead atoms. The first-order chi connectivity index (χ1) is 8.69. The summed E-state index contributed by atoms with van der Waals surface area (Å²) in [6.07, 6.45) is 0. The Labute approximate surface area is 106 Å². The van der Waals surface area contributed by atoms with Crippen molar-refractivity contribution in [3.8, 4) is 6.07 Å². The number of pyridine rings is 1. The molecule has 0 saturated carbocycles. The second kappa shape index (κ2) is 5.19. The molecule has 0 atom stereocenters. The fraction of sp³-hybridized carbons (Fsp3) is 0.143. The van der Waals surface area contributed by atoms with Gasteiger partial charge in [0.1, 0.15) is 17.6 Å². The quantitative estimate of drug-likeness (QED) is 0.832. The average molecular weight is 238 g/mol. The molecule has 90 valence electrons. The van der Waals surface area contributed by atoms with Crippen LogP contribution in [0.15, 0.2) is 42.5 Å². The zero-order valence-electron chi connectivity index (χ0n) is 10.2. The minimum absolute atomic E-state index is 0.427. The van der Waals surface area contributed by atoms with E-state index in [9.17, 15) is 0 Å². The first-order valence-corrected chi connectivity index (χ1v) is 5.62. The van der Waals surface area contributed by atoms with Crippen molar-refractivity contribution >= 4 is 11.5 Å². The van der Waals surface area contributed by atoms with Gasteiger partial charge in [-0.15, -0.1) is 0 Å². The average Bonchev–Trinajstić information content (AvgIpc) is 2.41. The van der Waals surface area contributed by atoms with E-state index in [2.05, 4.69) is 4.98 Å². The lowest BCUT2D eigenvalue weighted by Crippen LogP contribution is -2.17. The lowest BCUT2D eigenvalue weighted by Gasteiger charge is -2.18. The molecule has 0 aliphatic heterocycles. The highest BCUT2D eigenvalue weighted by atomic mass is 15.2. The number of rotatable bonds is 3. The molecule has 2 rings (SSSR count). The van der Waals surface area contributed by atoms with E-state index in [0.717, 1.165) is 23.6 Å². The molecule has 0 aliphatic carbocycles. The number of hydrogen-bond donors (Lipinski definition) is 1. The van der Waals surface area contributed by atoms with Crippen LogP contribution in [-0.4, -0.2) is 12.0 Å². The van der Waals surface area contributed by atoms with Gasteiger partial charge in [-0.1, -0.05) is 18.2 Å². The molecule has 4 heteroatoms. The van der Waals surface area contributed by atoms with E-state index in [1.165, 1.54) is 0 Å². The molecule has 4 nitrogen and oxygen atoms in total. The maximum absolute atomic E-state index is 8.82. The molecular weight excluding hydrogens is 224 g/mol. The van der Waals surface area contributed by atoms with Gasteiger partial charge in [0, 0.05) is 19.3 Å². The van der Waals surface area contributed by atoms with Gasteiger partial charge < -0.3 is 10.6 Å². The Morgan fingerprint density at radius 2 is 1.94 bits per heavy atom. The van der Waals surface area contributed by atoms with Crippen molar-refractivity contribution in [3.05, 3.63) is 53.7 Å². The van der Waals surface area contributed by atoms with Gasteiger partial charge in [0.25, 0.3) is 0 Å². The molecule has 1 heterocycles. The topological polar surface area (TPSA) is 65.9 Å². The Bertz CT molecular complexity index is 569. The summed E-state index contributed by atoms with van der Waals surface area (Å²) in [5, 5.41) is 8.82. The summed E-state index contributed by atoms with van der Waals surface area (Å²) in [5.41, 5.74) is 7.98. The Kier molecular flexibility index (Phi) is 3.44. The third-order valence-electron chi connectivity index (χ3n) is 2.64. The summed E-state index contributed by atoms with van der Waals surface area (Å²) < 4.78 is 0. The zero-order valence-corrected chi connectivity index (χ0v) is 10.2. The molecule has 0 spiro atoms. The fourth-order valence-electron chi connectivity index (χ4n) is 1.68. The van der Waals surface area contributed by atoms with E-state index < -0.39 is 0 Å². The summed E-state index contributed by atoms with van der Waals surface area (Å²) in [6.45, 7) is 0.724. The van der Waals surface area contributed by atoms with Gasteiger partial charge in [-0.25, -0.2) is 4.98 Å². The van der Waals surface area contributed by atoms with Gasteiger partial charge in [-0.05, 0) is 29.8 Å². The van der Waals surface area contributed by atoms with Gasteiger partial charge in [-0.2, -0.15) is 5.26 Å². The summed E-state index contributed by atoms with van der Waals surface area (Å²) in [6, 6.07) is 15.2. The highest BCUT2D eigenvalue weighted by Gasteiger charge is 2.04. The first-order valence-electron chi connectivity index (χ1n) is 5.62. The monoisotopic (exact) mass is 238 g/mol. The van der Waals surface area contributed by atoms with Gasteiger partial charge >= 0.3 is 0 Å². The summed E-state index contributed by atoms with van der Waals surface area (Å²) in [5.74, 6) is 0.783. The number of hydrogen-bond acceptors (Lipinski definition) is 4. The Morgan fingerprint density at radius 3 is 2.61 bits per heavy atom. The number of anilines is 2. The molecule has 1 aromatic carbocycles. The van der Waals surface area contributed by atoms with Gasteiger partial charge in [0.2, 0.25) is 0 Å². The summed E-state index contributed by atoms with van der Waals surface area (Å²) in [7, 11) is 1.94. The lowest BCUT2D eigenvalue weighted by atomic mass is 10.2. The number of nitrogens with two attached hydrogens (primary N) is 1. The van der Waals surface area contributed by atoms with Crippen LogP contribution >= 0.6 is 0 Å². The van der Waals surface area contributed by atoms with Crippen molar-refractivity contribution in [2.24, 2.45) is 0 Å². The smallest absolute Gasteiger partial charge is 0.142 e. The number of aromatic nitrogens is 1. The molecule has 0 amide bonds. The second-order valence-electron chi connectivity index (χ2n) is 4.09. The van der Waals surface area contributed by atoms with E-state index in [1.807, 2.05) is 54.4 Å². The number of benzene rings is 1. The van der Waals surface area contributed by atoms with Crippen molar-refractivity contribution in [1.82, 2.24) is 4.98 Å². The number of nitrogen functional groups attached to an aromatic ring is 1. The van der Waals surface area contributed by atoms with Crippen LogP contribution in [0.5, 0.6) is 0 Å². The molecule has 2 N–H and O–H groups in total. The lowest BCUT2D eigenvalue weighted by molar-refractivity contribution is 0.896. The van der Waals surface area contributed by atoms with E-state index in [-0.39, 0.29) is 0 Å². The Hall–Kier alpha value is -2.54. The molecule has 0 radical (unpaired) electrons. The molecule has 0 unspecified atom stereocenters. The van der Waals surface area contributed by atoms with Crippen molar-refractivity contribution < 1.29 is 0 Å². The molecule has 0 aliphatic rings. The van der Waals surface area contributed by atoms with E-state index in [1.54, 1.807) is 6.07 Å².